The number of aliphatic hydroxyl groups excluding tert-OH is 1. The van der Waals surface area contributed by atoms with Gasteiger partial charge in [-0.2, -0.15) is 0 Å². The zero-order chi connectivity index (χ0) is 10.6. The third-order valence-electron chi connectivity index (χ3n) is 1.82. The van der Waals surface area contributed by atoms with Crippen LogP contribution in [0.1, 0.15) is 17.4 Å². The van der Waals surface area contributed by atoms with Crippen LogP contribution in [0.3, 0.4) is 0 Å². The van der Waals surface area contributed by atoms with Gasteiger partial charge in [0.1, 0.15) is 5.69 Å². The van der Waals surface area contributed by atoms with E-state index in [1.807, 2.05) is 6.92 Å². The van der Waals surface area contributed by atoms with Gasteiger partial charge in [-0.1, -0.05) is 6.92 Å². The van der Waals surface area contributed by atoms with Gasteiger partial charge in [0, 0.05) is 23.8 Å². The van der Waals surface area contributed by atoms with Crippen molar-refractivity contribution in [3.8, 4) is 0 Å². The zero-order valence-electron chi connectivity index (χ0n) is 7.88. The number of aliphatic hydroxyl groups is 1. The van der Waals surface area contributed by atoms with Crippen LogP contribution in [0.15, 0.2) is 16.7 Å². The van der Waals surface area contributed by atoms with Gasteiger partial charge in [0.05, 0.1) is 0 Å². The largest absolute Gasteiger partial charge is 0.396 e. The smallest absolute Gasteiger partial charge is 0.267 e. The molecule has 1 amide bonds. The van der Waals surface area contributed by atoms with Crippen LogP contribution in [0.5, 0.6) is 0 Å². The summed E-state index contributed by atoms with van der Waals surface area (Å²) in [5.74, 6) is -0.0756. The second kappa shape index (κ2) is 5.17. The molecule has 5 heteroatoms. The molecule has 1 rings (SSSR count). The molecule has 0 aliphatic carbocycles. The number of carbonyl (C=O) groups excluding carboxylic acids is 1. The van der Waals surface area contributed by atoms with Gasteiger partial charge >= 0.3 is 0 Å². The molecule has 0 aromatic carbocycles. The molecule has 14 heavy (non-hydrogen) atoms. The molecule has 1 heterocycles. The highest BCUT2D eigenvalue weighted by atomic mass is 79.9. The lowest BCUT2D eigenvalue weighted by Crippen LogP contribution is -2.29. The summed E-state index contributed by atoms with van der Waals surface area (Å²) in [6, 6.07) is 1.71. The van der Waals surface area contributed by atoms with E-state index in [-0.39, 0.29) is 18.4 Å². The lowest BCUT2D eigenvalue weighted by molar-refractivity contribution is 0.0938. The highest BCUT2D eigenvalue weighted by Gasteiger charge is 2.08. The number of rotatable bonds is 4. The Balaban J connectivity index is 2.43. The highest BCUT2D eigenvalue weighted by Crippen LogP contribution is 2.10. The van der Waals surface area contributed by atoms with Gasteiger partial charge in [-0.15, -0.1) is 0 Å². The Labute approximate surface area is 90.8 Å². The van der Waals surface area contributed by atoms with Crippen molar-refractivity contribution in [1.29, 1.82) is 0 Å². The molecule has 0 spiro atoms. The molecule has 4 nitrogen and oxygen atoms in total. The number of amides is 1. The Morgan fingerprint density at radius 2 is 2.50 bits per heavy atom. The molecule has 0 aliphatic heterocycles. The van der Waals surface area contributed by atoms with Gasteiger partial charge in [-0.25, -0.2) is 0 Å². The molecule has 0 bridgehead atoms. The van der Waals surface area contributed by atoms with Crippen molar-refractivity contribution < 1.29 is 9.90 Å². The molecule has 1 unspecified atom stereocenters. The standard InChI is InChI=1S/C9H13BrN2O2/c1-6(5-13)3-12-9(14)8-2-7(10)4-11-8/h2,4,6,11,13H,3,5H2,1H3,(H,12,14). The maximum absolute atomic E-state index is 11.4. The highest BCUT2D eigenvalue weighted by molar-refractivity contribution is 9.10. The molecular formula is C9H13BrN2O2. The number of nitrogens with one attached hydrogen (secondary N) is 2. The summed E-state index contributed by atoms with van der Waals surface area (Å²) >= 11 is 3.24. The minimum atomic E-state index is -0.156. The summed E-state index contributed by atoms with van der Waals surface area (Å²) in [6.45, 7) is 2.42. The number of aromatic amines is 1. The van der Waals surface area contributed by atoms with E-state index in [0.717, 1.165) is 4.47 Å². The van der Waals surface area contributed by atoms with E-state index in [4.69, 9.17) is 5.11 Å². The van der Waals surface area contributed by atoms with Gasteiger partial charge < -0.3 is 15.4 Å². The van der Waals surface area contributed by atoms with E-state index in [0.29, 0.717) is 12.2 Å². The predicted molar refractivity (Wildman–Crippen MR) is 57.1 cm³/mol. The molecule has 0 saturated carbocycles. The van der Waals surface area contributed by atoms with Crippen LogP contribution in [0.4, 0.5) is 0 Å². The quantitative estimate of drug-likeness (QED) is 0.760. The molecular weight excluding hydrogens is 248 g/mol. The van der Waals surface area contributed by atoms with E-state index in [1.165, 1.54) is 0 Å². The Hall–Kier alpha value is -0.810. The molecule has 0 saturated heterocycles. The van der Waals surface area contributed by atoms with Crippen molar-refractivity contribution in [1.82, 2.24) is 10.3 Å². The third kappa shape index (κ3) is 3.16. The summed E-state index contributed by atoms with van der Waals surface area (Å²) in [4.78, 5) is 14.3. The van der Waals surface area contributed by atoms with Crippen molar-refractivity contribution in [2.45, 2.75) is 6.92 Å². The van der Waals surface area contributed by atoms with Crippen LogP contribution in [0.25, 0.3) is 0 Å². The summed E-state index contributed by atoms with van der Waals surface area (Å²) in [5.41, 5.74) is 0.516. The molecule has 0 radical (unpaired) electrons. The summed E-state index contributed by atoms with van der Waals surface area (Å²) in [5, 5.41) is 11.5. The topological polar surface area (TPSA) is 65.1 Å². The number of halogens is 1. The Morgan fingerprint density at radius 1 is 1.79 bits per heavy atom. The van der Waals surface area contributed by atoms with Crippen molar-refractivity contribution >= 4 is 21.8 Å². The maximum atomic E-state index is 11.4. The fourth-order valence-electron chi connectivity index (χ4n) is 0.926. The minimum Gasteiger partial charge on any atom is -0.396 e. The fraction of sp³-hybridized carbons (Fsp3) is 0.444. The first-order valence-corrected chi connectivity index (χ1v) is 5.15. The first kappa shape index (κ1) is 11.3. The average molecular weight is 261 g/mol. The summed E-state index contributed by atoms with van der Waals surface area (Å²) in [7, 11) is 0. The van der Waals surface area contributed by atoms with E-state index in [9.17, 15) is 4.79 Å². The Bertz CT molecular complexity index is 312. The van der Waals surface area contributed by atoms with E-state index in [2.05, 4.69) is 26.2 Å². The molecule has 1 atom stereocenters. The zero-order valence-corrected chi connectivity index (χ0v) is 9.47. The van der Waals surface area contributed by atoms with Crippen LogP contribution in [-0.2, 0) is 0 Å². The Kier molecular flexibility index (Phi) is 4.16. The van der Waals surface area contributed by atoms with Crippen LogP contribution < -0.4 is 5.32 Å². The number of carbonyl (C=O) groups is 1. The number of H-pyrrole nitrogens is 1. The molecule has 3 N–H and O–H groups in total. The first-order valence-electron chi connectivity index (χ1n) is 4.36. The van der Waals surface area contributed by atoms with Gasteiger partial charge in [0.15, 0.2) is 0 Å². The van der Waals surface area contributed by atoms with Crippen LogP contribution >= 0.6 is 15.9 Å². The molecule has 78 valence electrons. The Morgan fingerprint density at radius 3 is 3.00 bits per heavy atom. The van der Waals surface area contributed by atoms with Gasteiger partial charge in [-0.3, -0.25) is 4.79 Å². The van der Waals surface area contributed by atoms with Crippen molar-refractivity contribution in [3.63, 3.8) is 0 Å². The monoisotopic (exact) mass is 260 g/mol. The second-order valence-electron chi connectivity index (χ2n) is 3.23. The maximum Gasteiger partial charge on any atom is 0.267 e. The molecule has 1 aromatic rings. The minimum absolute atomic E-state index is 0.0781. The molecule has 0 aliphatic rings. The van der Waals surface area contributed by atoms with Gasteiger partial charge in [-0.05, 0) is 27.9 Å². The number of hydrogen-bond donors (Lipinski definition) is 3. The van der Waals surface area contributed by atoms with Crippen molar-refractivity contribution in [3.05, 3.63) is 22.4 Å². The normalized spacial score (nSPS) is 12.5. The SMILES string of the molecule is CC(CO)CNC(=O)c1cc(Br)c[nH]1. The van der Waals surface area contributed by atoms with Gasteiger partial charge in [0.2, 0.25) is 0 Å². The lowest BCUT2D eigenvalue weighted by atomic mass is 10.2. The summed E-state index contributed by atoms with van der Waals surface area (Å²) in [6.07, 6.45) is 1.70. The van der Waals surface area contributed by atoms with Crippen LogP contribution in [0.2, 0.25) is 0 Å². The molecule has 1 aromatic heterocycles. The van der Waals surface area contributed by atoms with Crippen LogP contribution in [0, 0.1) is 5.92 Å². The third-order valence-corrected chi connectivity index (χ3v) is 2.27. The predicted octanol–water partition coefficient (Wildman–Crippen LogP) is 1.14. The van der Waals surface area contributed by atoms with Gasteiger partial charge in [0.25, 0.3) is 5.91 Å². The van der Waals surface area contributed by atoms with E-state index < -0.39 is 0 Å². The number of aromatic nitrogens is 1. The van der Waals surface area contributed by atoms with E-state index in [1.54, 1.807) is 12.3 Å². The number of hydrogen-bond acceptors (Lipinski definition) is 2. The summed E-state index contributed by atoms with van der Waals surface area (Å²) < 4.78 is 0.845. The van der Waals surface area contributed by atoms with Crippen molar-refractivity contribution in [2.24, 2.45) is 5.92 Å². The van der Waals surface area contributed by atoms with Crippen LogP contribution in [-0.4, -0.2) is 29.1 Å². The average Bonchev–Trinajstić information content (AvgIpc) is 2.60. The fourth-order valence-corrected chi connectivity index (χ4v) is 1.27. The second-order valence-corrected chi connectivity index (χ2v) is 4.15. The lowest BCUT2D eigenvalue weighted by Gasteiger charge is -2.08. The first-order chi connectivity index (χ1) is 6.63. The van der Waals surface area contributed by atoms with E-state index >= 15 is 0 Å². The molecule has 0 fully saturated rings. The van der Waals surface area contributed by atoms with Crippen molar-refractivity contribution in [2.75, 3.05) is 13.2 Å².